The first-order valence-corrected chi connectivity index (χ1v) is 6.84. The molecule has 0 fully saturated rings. The van der Waals surface area contributed by atoms with Crippen LogP contribution >= 0.6 is 11.7 Å². The minimum atomic E-state index is -0.238. The minimum absolute atomic E-state index is 0.238. The van der Waals surface area contributed by atoms with Crippen molar-refractivity contribution < 1.29 is 9.53 Å². The van der Waals surface area contributed by atoms with Crippen molar-refractivity contribution >= 4 is 17.6 Å². The van der Waals surface area contributed by atoms with Crippen LogP contribution in [0, 0.1) is 20.8 Å². The summed E-state index contributed by atoms with van der Waals surface area (Å²) in [4.78, 5) is 16.3. The SMILES string of the molecule is COc1nc(C)cc(C)c1CNC(=O)c1nsnc1C. The van der Waals surface area contributed by atoms with Crippen LogP contribution in [0.5, 0.6) is 5.88 Å². The molecule has 2 aromatic rings. The molecule has 1 amide bonds. The second kappa shape index (κ2) is 5.96. The number of hydrogen-bond donors (Lipinski definition) is 1. The number of carbonyl (C=O) groups excluding carboxylic acids is 1. The Balaban J connectivity index is 2.15. The van der Waals surface area contributed by atoms with Crippen molar-refractivity contribution in [2.45, 2.75) is 27.3 Å². The Labute approximate surface area is 121 Å². The molecule has 7 heteroatoms. The van der Waals surface area contributed by atoms with Crippen molar-refractivity contribution in [3.05, 3.63) is 34.3 Å². The number of ether oxygens (including phenoxy) is 1. The smallest absolute Gasteiger partial charge is 0.273 e. The van der Waals surface area contributed by atoms with E-state index in [1.165, 1.54) is 0 Å². The second-order valence-corrected chi connectivity index (χ2v) is 4.98. The van der Waals surface area contributed by atoms with E-state index in [4.69, 9.17) is 4.74 Å². The van der Waals surface area contributed by atoms with Gasteiger partial charge in [0.25, 0.3) is 5.91 Å². The van der Waals surface area contributed by atoms with Crippen LogP contribution < -0.4 is 10.1 Å². The Morgan fingerprint density at radius 3 is 2.70 bits per heavy atom. The molecular weight excluding hydrogens is 276 g/mol. The fourth-order valence-corrected chi connectivity index (χ4v) is 2.45. The third kappa shape index (κ3) is 2.93. The van der Waals surface area contributed by atoms with Crippen molar-refractivity contribution in [3.63, 3.8) is 0 Å². The number of methoxy groups -OCH3 is 1. The number of rotatable bonds is 4. The lowest BCUT2D eigenvalue weighted by Crippen LogP contribution is -2.24. The van der Waals surface area contributed by atoms with E-state index >= 15 is 0 Å². The summed E-state index contributed by atoms with van der Waals surface area (Å²) in [5.74, 6) is 0.300. The maximum atomic E-state index is 12.0. The highest BCUT2D eigenvalue weighted by molar-refractivity contribution is 6.99. The number of carbonyl (C=O) groups is 1. The Bertz CT molecular complexity index is 639. The average Bonchev–Trinajstić information content (AvgIpc) is 2.82. The molecule has 1 N–H and O–H groups in total. The Morgan fingerprint density at radius 2 is 2.10 bits per heavy atom. The molecule has 20 heavy (non-hydrogen) atoms. The molecule has 2 rings (SSSR count). The zero-order chi connectivity index (χ0) is 14.7. The second-order valence-electron chi connectivity index (χ2n) is 4.45. The summed E-state index contributed by atoms with van der Waals surface area (Å²) in [5.41, 5.74) is 3.79. The topological polar surface area (TPSA) is 77.0 Å². The number of aromatic nitrogens is 3. The lowest BCUT2D eigenvalue weighted by Gasteiger charge is -2.12. The summed E-state index contributed by atoms with van der Waals surface area (Å²) >= 11 is 1.03. The molecule has 0 unspecified atom stereocenters. The van der Waals surface area contributed by atoms with Crippen molar-refractivity contribution in [3.8, 4) is 5.88 Å². The molecule has 0 aliphatic carbocycles. The van der Waals surface area contributed by atoms with Crippen LogP contribution in [0.25, 0.3) is 0 Å². The zero-order valence-corrected chi connectivity index (χ0v) is 12.7. The minimum Gasteiger partial charge on any atom is -0.481 e. The molecule has 0 saturated heterocycles. The van der Waals surface area contributed by atoms with Gasteiger partial charge in [0.2, 0.25) is 5.88 Å². The lowest BCUT2D eigenvalue weighted by molar-refractivity contribution is 0.0946. The van der Waals surface area contributed by atoms with Gasteiger partial charge in [-0.25, -0.2) is 4.98 Å². The van der Waals surface area contributed by atoms with Gasteiger partial charge in [0.15, 0.2) is 5.69 Å². The molecular formula is C13H16N4O2S. The standard InChI is InChI=1S/C13H16N4O2S/c1-7-5-8(2)15-13(19-4)10(7)6-14-12(18)11-9(3)16-20-17-11/h5H,6H2,1-4H3,(H,14,18). The number of nitrogens with one attached hydrogen (secondary N) is 1. The summed E-state index contributed by atoms with van der Waals surface area (Å²) < 4.78 is 13.2. The summed E-state index contributed by atoms with van der Waals surface area (Å²) in [6.07, 6.45) is 0. The van der Waals surface area contributed by atoms with E-state index in [1.54, 1.807) is 14.0 Å². The van der Waals surface area contributed by atoms with Crippen LogP contribution in [0.2, 0.25) is 0 Å². The number of aryl methyl sites for hydroxylation is 3. The van der Waals surface area contributed by atoms with Gasteiger partial charge >= 0.3 is 0 Å². The summed E-state index contributed by atoms with van der Waals surface area (Å²) in [7, 11) is 1.57. The molecule has 106 valence electrons. The first kappa shape index (κ1) is 14.4. The fourth-order valence-electron chi connectivity index (χ4n) is 1.90. The van der Waals surface area contributed by atoms with Crippen molar-refractivity contribution in [1.82, 2.24) is 19.0 Å². The Morgan fingerprint density at radius 1 is 1.35 bits per heavy atom. The highest BCUT2D eigenvalue weighted by Crippen LogP contribution is 2.20. The number of pyridine rings is 1. The van der Waals surface area contributed by atoms with E-state index in [-0.39, 0.29) is 5.91 Å². The molecule has 0 aromatic carbocycles. The molecule has 2 heterocycles. The highest BCUT2D eigenvalue weighted by Gasteiger charge is 2.15. The van der Waals surface area contributed by atoms with Crippen LogP contribution in [-0.2, 0) is 6.54 Å². The largest absolute Gasteiger partial charge is 0.481 e. The van der Waals surface area contributed by atoms with E-state index < -0.39 is 0 Å². The van der Waals surface area contributed by atoms with Gasteiger partial charge in [-0.3, -0.25) is 4.79 Å². The third-order valence-electron chi connectivity index (χ3n) is 2.92. The van der Waals surface area contributed by atoms with Crippen LogP contribution in [-0.4, -0.2) is 26.7 Å². The summed E-state index contributed by atoms with van der Waals surface area (Å²) in [5, 5.41) is 2.82. The number of hydrogen-bond acceptors (Lipinski definition) is 6. The van der Waals surface area contributed by atoms with Crippen molar-refractivity contribution in [2.24, 2.45) is 0 Å². The van der Waals surface area contributed by atoms with Gasteiger partial charge in [-0.2, -0.15) is 8.75 Å². The molecule has 2 aromatic heterocycles. The van der Waals surface area contributed by atoms with Crippen LogP contribution in [0.3, 0.4) is 0 Å². The first-order valence-electron chi connectivity index (χ1n) is 6.11. The Hall–Kier alpha value is -2.02. The number of nitrogens with zero attached hydrogens (tertiary/aromatic N) is 3. The van der Waals surface area contributed by atoms with Crippen LogP contribution in [0.1, 0.15) is 33.0 Å². The lowest BCUT2D eigenvalue weighted by atomic mass is 10.1. The zero-order valence-electron chi connectivity index (χ0n) is 11.9. The van der Waals surface area contributed by atoms with Gasteiger partial charge in [-0.15, -0.1) is 0 Å². The normalized spacial score (nSPS) is 10.4. The molecule has 0 aliphatic heterocycles. The molecule has 0 saturated carbocycles. The predicted molar refractivity (Wildman–Crippen MR) is 76.1 cm³/mol. The molecule has 0 atom stereocenters. The maximum absolute atomic E-state index is 12.0. The average molecular weight is 292 g/mol. The van der Waals surface area contributed by atoms with Gasteiger partial charge in [-0.05, 0) is 32.4 Å². The van der Waals surface area contributed by atoms with Gasteiger partial charge in [0.1, 0.15) is 0 Å². The van der Waals surface area contributed by atoms with Gasteiger partial charge in [-0.1, -0.05) is 0 Å². The fraction of sp³-hybridized carbons (Fsp3) is 0.385. The van der Waals surface area contributed by atoms with Gasteiger partial charge < -0.3 is 10.1 Å². The van der Waals surface area contributed by atoms with Crippen molar-refractivity contribution in [2.75, 3.05) is 7.11 Å². The monoisotopic (exact) mass is 292 g/mol. The van der Waals surface area contributed by atoms with E-state index in [9.17, 15) is 4.79 Å². The van der Waals surface area contributed by atoms with E-state index in [1.807, 2.05) is 19.9 Å². The van der Waals surface area contributed by atoms with Gasteiger partial charge in [0.05, 0.1) is 24.5 Å². The number of amides is 1. The van der Waals surface area contributed by atoms with Crippen LogP contribution in [0.4, 0.5) is 0 Å². The van der Waals surface area contributed by atoms with Gasteiger partial charge in [0, 0.05) is 17.8 Å². The Kier molecular flexibility index (Phi) is 4.29. The van der Waals surface area contributed by atoms with E-state index in [2.05, 4.69) is 19.0 Å². The molecule has 0 aliphatic rings. The molecule has 0 bridgehead atoms. The third-order valence-corrected chi connectivity index (χ3v) is 3.54. The van der Waals surface area contributed by atoms with Crippen LogP contribution in [0.15, 0.2) is 6.07 Å². The quantitative estimate of drug-likeness (QED) is 0.929. The predicted octanol–water partition coefficient (Wildman–Crippen LogP) is 1.80. The van der Waals surface area contributed by atoms with Crippen molar-refractivity contribution in [1.29, 1.82) is 0 Å². The molecule has 0 radical (unpaired) electrons. The summed E-state index contributed by atoms with van der Waals surface area (Å²) in [6, 6.07) is 1.96. The highest BCUT2D eigenvalue weighted by atomic mass is 32.1. The van der Waals surface area contributed by atoms with E-state index in [0.29, 0.717) is 23.8 Å². The summed E-state index contributed by atoms with van der Waals surface area (Å²) in [6.45, 7) is 5.98. The van der Waals surface area contributed by atoms with E-state index in [0.717, 1.165) is 28.5 Å². The molecule has 6 nitrogen and oxygen atoms in total. The first-order chi connectivity index (χ1) is 9.52. The molecule has 0 spiro atoms. The maximum Gasteiger partial charge on any atom is 0.273 e.